The lowest BCUT2D eigenvalue weighted by atomic mass is 10.2. The molecule has 144 valence electrons. The number of benzene rings is 1. The molecule has 3 aromatic rings. The van der Waals surface area contributed by atoms with Crippen LogP contribution in [-0.2, 0) is 17.6 Å². The molecule has 1 aliphatic heterocycles. The van der Waals surface area contributed by atoms with Crippen molar-refractivity contribution in [3.8, 4) is 17.4 Å². The number of aryl methyl sites for hydroxylation is 2. The van der Waals surface area contributed by atoms with E-state index in [1.165, 1.54) is 16.8 Å². The molecule has 0 bridgehead atoms. The van der Waals surface area contributed by atoms with Gasteiger partial charge in [-0.3, -0.25) is 4.79 Å². The number of hydrogen-bond acceptors (Lipinski definition) is 7. The van der Waals surface area contributed by atoms with E-state index < -0.39 is 0 Å². The Morgan fingerprint density at radius 3 is 3.07 bits per heavy atom. The Morgan fingerprint density at radius 2 is 2.14 bits per heavy atom. The summed E-state index contributed by atoms with van der Waals surface area (Å²) < 4.78 is 17.2. The van der Waals surface area contributed by atoms with Gasteiger partial charge in [-0.15, -0.1) is 11.3 Å². The number of fused-ring (bicyclic) bond motifs is 4. The summed E-state index contributed by atoms with van der Waals surface area (Å²) in [6, 6.07) is 7.50. The number of carbonyl (C=O) groups excluding carboxylic acids is 1. The molecule has 1 amide bonds. The van der Waals surface area contributed by atoms with E-state index in [-0.39, 0.29) is 18.6 Å². The number of nitrogens with one attached hydrogen (secondary N) is 1. The summed E-state index contributed by atoms with van der Waals surface area (Å²) in [5.41, 5.74) is 1.28. The number of thiophene rings is 1. The normalized spacial score (nSPS) is 17.4. The number of hydrogen-bond donors (Lipinski definition) is 1. The second-order valence-corrected chi connectivity index (χ2v) is 7.89. The van der Waals surface area contributed by atoms with E-state index in [1.807, 2.05) is 24.3 Å². The van der Waals surface area contributed by atoms with Crippen LogP contribution in [-0.4, -0.2) is 41.7 Å². The summed E-state index contributed by atoms with van der Waals surface area (Å²) >= 11 is 1.70. The summed E-state index contributed by atoms with van der Waals surface area (Å²) in [6.45, 7) is 0.649. The Hall–Kier alpha value is -2.87. The van der Waals surface area contributed by atoms with E-state index in [0.717, 1.165) is 35.2 Å². The second kappa shape index (κ2) is 7.27. The van der Waals surface area contributed by atoms with Crippen molar-refractivity contribution in [2.75, 3.05) is 19.8 Å². The summed E-state index contributed by atoms with van der Waals surface area (Å²) in [4.78, 5) is 23.1. The number of aromatic nitrogens is 2. The van der Waals surface area contributed by atoms with Crippen LogP contribution in [0.2, 0.25) is 0 Å². The van der Waals surface area contributed by atoms with Gasteiger partial charge in [-0.25, -0.2) is 9.97 Å². The van der Waals surface area contributed by atoms with Crippen LogP contribution in [0.4, 0.5) is 0 Å². The molecule has 3 heterocycles. The summed E-state index contributed by atoms with van der Waals surface area (Å²) in [5.74, 6) is 1.69. The SMILES string of the molecule is O=C(COc1ncnc2sc3c(c12)CCC3)NCC1COc2ccccc2O1. The maximum Gasteiger partial charge on any atom is 0.258 e. The summed E-state index contributed by atoms with van der Waals surface area (Å²) in [7, 11) is 0. The molecule has 1 unspecified atom stereocenters. The average molecular weight is 397 g/mol. The maximum absolute atomic E-state index is 12.2. The molecule has 5 rings (SSSR count). The third kappa shape index (κ3) is 3.24. The maximum atomic E-state index is 12.2. The highest BCUT2D eigenvalue weighted by molar-refractivity contribution is 7.18. The molecule has 0 fully saturated rings. The Morgan fingerprint density at radius 1 is 1.25 bits per heavy atom. The lowest BCUT2D eigenvalue weighted by molar-refractivity contribution is -0.123. The minimum Gasteiger partial charge on any atom is -0.486 e. The standard InChI is InChI=1S/C20H19N3O4S/c24-17(21-8-12-9-25-14-5-1-2-6-15(14)27-12)10-26-19-18-13-4-3-7-16(13)28-20(18)23-11-22-19/h1-2,5-6,11-12H,3-4,7-10H2,(H,21,24). The van der Waals surface area contributed by atoms with Crippen LogP contribution in [0.1, 0.15) is 16.9 Å². The van der Waals surface area contributed by atoms with Crippen molar-refractivity contribution in [3.05, 3.63) is 41.0 Å². The van der Waals surface area contributed by atoms with Crippen molar-refractivity contribution in [1.29, 1.82) is 0 Å². The highest BCUT2D eigenvalue weighted by atomic mass is 32.1. The van der Waals surface area contributed by atoms with Crippen LogP contribution in [0.3, 0.4) is 0 Å². The zero-order chi connectivity index (χ0) is 18.9. The fourth-order valence-electron chi connectivity index (χ4n) is 3.59. The van der Waals surface area contributed by atoms with Gasteiger partial charge in [-0.05, 0) is 37.0 Å². The van der Waals surface area contributed by atoms with Crippen LogP contribution >= 0.6 is 11.3 Å². The number of ether oxygens (including phenoxy) is 3. The highest BCUT2D eigenvalue weighted by Gasteiger charge is 2.23. The van der Waals surface area contributed by atoms with Crippen LogP contribution in [0.25, 0.3) is 10.2 Å². The van der Waals surface area contributed by atoms with E-state index in [2.05, 4.69) is 15.3 Å². The molecule has 1 aliphatic carbocycles. The third-order valence-electron chi connectivity index (χ3n) is 4.90. The molecule has 8 heteroatoms. The fourth-order valence-corrected chi connectivity index (χ4v) is 4.80. The first-order chi connectivity index (χ1) is 13.8. The van der Waals surface area contributed by atoms with Crippen molar-refractivity contribution in [2.45, 2.75) is 25.4 Å². The van der Waals surface area contributed by atoms with Crippen molar-refractivity contribution < 1.29 is 19.0 Å². The lowest BCUT2D eigenvalue weighted by Gasteiger charge is -2.26. The van der Waals surface area contributed by atoms with Gasteiger partial charge in [0.05, 0.1) is 11.9 Å². The fraction of sp³-hybridized carbons (Fsp3) is 0.350. The van der Waals surface area contributed by atoms with Crippen LogP contribution in [0.5, 0.6) is 17.4 Å². The molecular weight excluding hydrogens is 378 g/mol. The van der Waals surface area contributed by atoms with Crippen molar-refractivity contribution >= 4 is 27.5 Å². The van der Waals surface area contributed by atoms with Crippen molar-refractivity contribution in [3.63, 3.8) is 0 Å². The second-order valence-electron chi connectivity index (χ2n) is 6.81. The first kappa shape index (κ1) is 17.2. The molecule has 1 aromatic carbocycles. The Labute approximate surface area is 165 Å². The number of carbonyl (C=O) groups is 1. The monoisotopic (exact) mass is 397 g/mol. The van der Waals surface area contributed by atoms with Gasteiger partial charge >= 0.3 is 0 Å². The van der Waals surface area contributed by atoms with Crippen LogP contribution < -0.4 is 19.5 Å². The third-order valence-corrected chi connectivity index (χ3v) is 6.10. The van der Waals surface area contributed by atoms with Crippen molar-refractivity contribution in [2.24, 2.45) is 0 Å². The first-order valence-corrected chi connectivity index (χ1v) is 10.1. The van der Waals surface area contributed by atoms with E-state index in [4.69, 9.17) is 14.2 Å². The number of para-hydroxylation sites is 2. The molecule has 1 N–H and O–H groups in total. The van der Waals surface area contributed by atoms with Crippen molar-refractivity contribution in [1.82, 2.24) is 15.3 Å². The van der Waals surface area contributed by atoms with Gasteiger partial charge in [0, 0.05) is 4.88 Å². The number of rotatable bonds is 5. The van der Waals surface area contributed by atoms with E-state index in [0.29, 0.717) is 24.8 Å². The molecule has 0 saturated heterocycles. The van der Waals surface area contributed by atoms with E-state index in [9.17, 15) is 4.79 Å². The predicted molar refractivity (Wildman–Crippen MR) is 104 cm³/mol. The van der Waals surface area contributed by atoms with Gasteiger partial charge in [0.15, 0.2) is 18.1 Å². The molecular formula is C20H19N3O4S. The van der Waals surface area contributed by atoms with Gasteiger partial charge in [-0.1, -0.05) is 12.1 Å². The number of nitrogens with zero attached hydrogens (tertiary/aromatic N) is 2. The Kier molecular flexibility index (Phi) is 4.48. The minimum absolute atomic E-state index is 0.0963. The topological polar surface area (TPSA) is 82.6 Å². The molecule has 1 atom stereocenters. The first-order valence-electron chi connectivity index (χ1n) is 9.31. The van der Waals surface area contributed by atoms with E-state index >= 15 is 0 Å². The zero-order valence-corrected chi connectivity index (χ0v) is 16.0. The van der Waals surface area contributed by atoms with Crippen LogP contribution in [0.15, 0.2) is 30.6 Å². The van der Waals surface area contributed by atoms with Gasteiger partial charge in [0.2, 0.25) is 5.88 Å². The van der Waals surface area contributed by atoms with Gasteiger partial charge in [0.25, 0.3) is 5.91 Å². The molecule has 2 aliphatic rings. The highest BCUT2D eigenvalue weighted by Crippen LogP contribution is 2.39. The summed E-state index contributed by atoms with van der Waals surface area (Å²) in [6.07, 6.45) is 4.52. The molecule has 28 heavy (non-hydrogen) atoms. The largest absolute Gasteiger partial charge is 0.486 e. The quantitative estimate of drug-likeness (QED) is 0.712. The van der Waals surface area contributed by atoms with Gasteiger partial charge < -0.3 is 19.5 Å². The molecule has 0 spiro atoms. The molecule has 0 saturated carbocycles. The van der Waals surface area contributed by atoms with Crippen LogP contribution in [0, 0.1) is 0 Å². The molecule has 0 radical (unpaired) electrons. The average Bonchev–Trinajstić information content (AvgIpc) is 3.31. The van der Waals surface area contributed by atoms with E-state index in [1.54, 1.807) is 11.3 Å². The Bertz CT molecular complexity index is 1040. The molecule has 7 nitrogen and oxygen atoms in total. The predicted octanol–water partition coefficient (Wildman–Crippen LogP) is 2.52. The lowest BCUT2D eigenvalue weighted by Crippen LogP contribution is -2.42. The number of amides is 1. The molecule has 2 aromatic heterocycles. The smallest absolute Gasteiger partial charge is 0.258 e. The Balaban J connectivity index is 1.18. The van der Waals surface area contributed by atoms with Gasteiger partial charge in [0.1, 0.15) is 23.9 Å². The minimum atomic E-state index is -0.232. The zero-order valence-electron chi connectivity index (χ0n) is 15.1. The summed E-state index contributed by atoms with van der Waals surface area (Å²) in [5, 5.41) is 3.80. The van der Waals surface area contributed by atoms with Gasteiger partial charge in [-0.2, -0.15) is 0 Å².